The highest BCUT2D eigenvalue weighted by Crippen LogP contribution is 2.44. The number of rotatable bonds is 10. The molecule has 3 aromatic rings. The molecule has 1 fully saturated rings. The molecule has 1 aliphatic carbocycles. The monoisotopic (exact) mass is 557 g/mol. The van der Waals surface area contributed by atoms with Crippen LogP contribution in [0.15, 0.2) is 78.9 Å². The molecule has 0 bridgehead atoms. The lowest BCUT2D eigenvalue weighted by atomic mass is 9.91. The van der Waals surface area contributed by atoms with E-state index in [1.54, 1.807) is 0 Å². The third-order valence-corrected chi connectivity index (χ3v) is 7.96. The minimum Gasteiger partial charge on any atom is -0.481 e. The number of amides is 2. The topological polar surface area (TPSA) is 128 Å². The third-order valence-electron chi connectivity index (χ3n) is 7.96. The van der Waals surface area contributed by atoms with Gasteiger partial charge in [-0.3, -0.25) is 14.5 Å². The summed E-state index contributed by atoms with van der Waals surface area (Å²) < 4.78 is 5.50. The largest absolute Gasteiger partial charge is 0.481 e. The molecule has 0 saturated carbocycles. The Hall–Kier alpha value is -4.21. The number of aliphatic carboxylic acids is 1. The summed E-state index contributed by atoms with van der Waals surface area (Å²) in [7, 11) is 0. The van der Waals surface area contributed by atoms with Crippen LogP contribution in [0.1, 0.15) is 41.9 Å². The number of benzene rings is 3. The van der Waals surface area contributed by atoms with Crippen LogP contribution in [0.5, 0.6) is 0 Å². The lowest BCUT2D eigenvalue weighted by Gasteiger charge is -2.38. The zero-order valence-corrected chi connectivity index (χ0v) is 22.8. The Kier molecular flexibility index (Phi) is 8.66. The standard InChI is InChI=1S/C32H35N3O6/c36-29(37)18-28(30(38)33-21-32(40)14-16-35(17-15-32)19-22-8-2-1-3-9-22)34-31(39)41-20-27-25-12-6-4-10-23(25)24-11-5-7-13-26(24)27/h1-13,27-28,40H,14-21H2,(H,33,38)(H,34,39)(H,36,37). The van der Waals surface area contributed by atoms with Gasteiger partial charge >= 0.3 is 12.1 Å². The van der Waals surface area contributed by atoms with Crippen molar-refractivity contribution >= 4 is 18.0 Å². The summed E-state index contributed by atoms with van der Waals surface area (Å²) in [4.78, 5) is 39.4. The van der Waals surface area contributed by atoms with E-state index in [9.17, 15) is 24.6 Å². The fraction of sp³-hybridized carbons (Fsp3) is 0.344. The van der Waals surface area contributed by atoms with Gasteiger partial charge in [-0.2, -0.15) is 0 Å². The highest BCUT2D eigenvalue weighted by Gasteiger charge is 2.34. The van der Waals surface area contributed by atoms with Gasteiger partial charge in [-0.15, -0.1) is 0 Å². The molecule has 1 aliphatic heterocycles. The number of carboxylic acids is 1. The molecule has 5 rings (SSSR count). The average molecular weight is 558 g/mol. The molecule has 41 heavy (non-hydrogen) atoms. The van der Waals surface area contributed by atoms with Crippen LogP contribution in [0, 0.1) is 0 Å². The van der Waals surface area contributed by atoms with Crippen LogP contribution in [-0.2, 0) is 20.9 Å². The van der Waals surface area contributed by atoms with Crippen LogP contribution >= 0.6 is 0 Å². The van der Waals surface area contributed by atoms with Gasteiger partial charge in [0.2, 0.25) is 5.91 Å². The molecule has 1 heterocycles. The molecule has 1 unspecified atom stereocenters. The first-order valence-electron chi connectivity index (χ1n) is 13.9. The molecule has 2 amide bonds. The van der Waals surface area contributed by atoms with E-state index < -0.39 is 36.0 Å². The number of nitrogens with one attached hydrogen (secondary N) is 2. The quantitative estimate of drug-likeness (QED) is 0.300. The van der Waals surface area contributed by atoms with E-state index in [0.29, 0.717) is 25.9 Å². The van der Waals surface area contributed by atoms with Crippen LogP contribution < -0.4 is 10.6 Å². The van der Waals surface area contributed by atoms with E-state index >= 15 is 0 Å². The number of ether oxygens (including phenoxy) is 1. The summed E-state index contributed by atoms with van der Waals surface area (Å²) in [6.07, 6.45) is -0.562. The number of carboxylic acid groups (broad SMARTS) is 1. The van der Waals surface area contributed by atoms with Crippen LogP contribution in [0.4, 0.5) is 4.79 Å². The second kappa shape index (κ2) is 12.5. The number of fused-ring (bicyclic) bond motifs is 3. The molecule has 9 nitrogen and oxygen atoms in total. The van der Waals surface area contributed by atoms with Crippen molar-refractivity contribution in [2.24, 2.45) is 0 Å². The number of carbonyl (C=O) groups is 3. The molecule has 0 aromatic heterocycles. The van der Waals surface area contributed by atoms with Gasteiger partial charge < -0.3 is 25.6 Å². The second-order valence-corrected chi connectivity index (χ2v) is 10.8. The summed E-state index contributed by atoms with van der Waals surface area (Å²) in [6.45, 7) is 2.12. The van der Waals surface area contributed by atoms with Gasteiger partial charge in [-0.1, -0.05) is 78.9 Å². The van der Waals surface area contributed by atoms with E-state index in [-0.39, 0.29) is 19.1 Å². The van der Waals surface area contributed by atoms with Crippen molar-refractivity contribution in [2.75, 3.05) is 26.2 Å². The van der Waals surface area contributed by atoms with Gasteiger partial charge in [-0.25, -0.2) is 4.79 Å². The number of carbonyl (C=O) groups excluding carboxylic acids is 2. The van der Waals surface area contributed by atoms with Crippen molar-refractivity contribution < 1.29 is 29.3 Å². The van der Waals surface area contributed by atoms with Crippen molar-refractivity contribution in [3.63, 3.8) is 0 Å². The van der Waals surface area contributed by atoms with E-state index in [2.05, 4.69) is 27.7 Å². The van der Waals surface area contributed by atoms with Gasteiger partial charge in [0.1, 0.15) is 12.6 Å². The lowest BCUT2D eigenvalue weighted by molar-refractivity contribution is -0.140. The molecule has 9 heteroatoms. The fourth-order valence-corrected chi connectivity index (χ4v) is 5.69. The second-order valence-electron chi connectivity index (χ2n) is 10.8. The Morgan fingerprint density at radius 3 is 2.10 bits per heavy atom. The average Bonchev–Trinajstić information content (AvgIpc) is 3.30. The van der Waals surface area contributed by atoms with Gasteiger partial charge in [-0.05, 0) is 40.7 Å². The summed E-state index contributed by atoms with van der Waals surface area (Å²) in [5, 5.41) is 25.5. The molecule has 0 spiro atoms. The molecule has 2 aliphatic rings. The lowest BCUT2D eigenvalue weighted by Crippen LogP contribution is -2.54. The Morgan fingerprint density at radius 1 is 0.902 bits per heavy atom. The summed E-state index contributed by atoms with van der Waals surface area (Å²) >= 11 is 0. The maximum absolute atomic E-state index is 12.9. The predicted molar refractivity (Wildman–Crippen MR) is 153 cm³/mol. The van der Waals surface area contributed by atoms with Gasteiger partial charge in [0.25, 0.3) is 0 Å². The highest BCUT2D eigenvalue weighted by atomic mass is 16.5. The number of piperidine rings is 1. The molecular weight excluding hydrogens is 522 g/mol. The zero-order chi connectivity index (χ0) is 28.8. The number of likely N-dealkylation sites (tertiary alicyclic amines) is 1. The zero-order valence-electron chi connectivity index (χ0n) is 22.8. The summed E-state index contributed by atoms with van der Waals surface area (Å²) in [5.74, 6) is -2.08. The number of hydrogen-bond acceptors (Lipinski definition) is 6. The van der Waals surface area contributed by atoms with Crippen LogP contribution in [0.2, 0.25) is 0 Å². The Morgan fingerprint density at radius 2 is 1.49 bits per heavy atom. The highest BCUT2D eigenvalue weighted by molar-refractivity contribution is 5.89. The fourth-order valence-electron chi connectivity index (χ4n) is 5.69. The maximum Gasteiger partial charge on any atom is 0.407 e. The molecule has 1 atom stereocenters. The first-order valence-corrected chi connectivity index (χ1v) is 13.9. The van der Waals surface area contributed by atoms with Crippen LogP contribution in [0.3, 0.4) is 0 Å². The van der Waals surface area contributed by atoms with E-state index in [0.717, 1.165) is 28.8 Å². The predicted octanol–water partition coefficient (Wildman–Crippen LogP) is 3.51. The van der Waals surface area contributed by atoms with Crippen molar-refractivity contribution in [1.29, 1.82) is 0 Å². The normalized spacial score (nSPS) is 16.7. The number of hydrogen-bond donors (Lipinski definition) is 4. The molecule has 4 N–H and O–H groups in total. The van der Waals surface area contributed by atoms with Gasteiger partial charge in [0.05, 0.1) is 12.0 Å². The molecular formula is C32H35N3O6. The molecule has 0 radical (unpaired) electrons. The first kappa shape index (κ1) is 28.3. The third kappa shape index (κ3) is 6.93. The van der Waals surface area contributed by atoms with Crippen molar-refractivity contribution in [1.82, 2.24) is 15.5 Å². The van der Waals surface area contributed by atoms with E-state index in [4.69, 9.17) is 4.74 Å². The minimum absolute atomic E-state index is 0.0342. The maximum atomic E-state index is 12.9. The van der Waals surface area contributed by atoms with Gasteiger partial charge in [0, 0.05) is 32.1 Å². The molecule has 214 valence electrons. The Balaban J connectivity index is 1.13. The van der Waals surface area contributed by atoms with Crippen molar-refractivity contribution in [2.45, 2.75) is 43.4 Å². The van der Waals surface area contributed by atoms with E-state index in [1.165, 1.54) is 5.56 Å². The Labute approximate surface area is 239 Å². The Bertz CT molecular complexity index is 1340. The van der Waals surface area contributed by atoms with Crippen LogP contribution in [0.25, 0.3) is 11.1 Å². The molecule has 3 aromatic carbocycles. The van der Waals surface area contributed by atoms with Crippen LogP contribution in [-0.4, -0.2) is 71.0 Å². The summed E-state index contributed by atoms with van der Waals surface area (Å²) in [5.41, 5.74) is 4.35. The van der Waals surface area contributed by atoms with E-state index in [1.807, 2.05) is 66.7 Å². The first-order chi connectivity index (χ1) is 19.8. The smallest absolute Gasteiger partial charge is 0.407 e. The molecule has 1 saturated heterocycles. The van der Waals surface area contributed by atoms with Crippen molar-refractivity contribution in [3.8, 4) is 11.1 Å². The number of nitrogens with zero attached hydrogens (tertiary/aromatic N) is 1. The van der Waals surface area contributed by atoms with Crippen molar-refractivity contribution in [3.05, 3.63) is 95.6 Å². The number of aliphatic hydroxyl groups is 1. The SMILES string of the molecule is O=C(O)CC(NC(=O)OCC1c2ccccc2-c2ccccc21)C(=O)NCC1(O)CCN(Cc2ccccc2)CC1. The minimum atomic E-state index is -1.34. The summed E-state index contributed by atoms with van der Waals surface area (Å²) in [6, 6.07) is 24.6. The van der Waals surface area contributed by atoms with Gasteiger partial charge in [0.15, 0.2) is 0 Å². The number of alkyl carbamates (subject to hydrolysis) is 1.